The fraction of sp³-hybridized carbons (Fsp3) is 0.652. The maximum atomic E-state index is 13.6. The third kappa shape index (κ3) is 5.57. The fourth-order valence-electron chi connectivity index (χ4n) is 4.40. The number of nitrogens with one attached hydrogen (secondary N) is 1. The van der Waals surface area contributed by atoms with Crippen molar-refractivity contribution in [3.63, 3.8) is 0 Å². The molecule has 1 aliphatic carbocycles. The molecule has 11 heteroatoms. The lowest BCUT2D eigenvalue weighted by Gasteiger charge is -2.30. The van der Waals surface area contributed by atoms with Crippen molar-refractivity contribution < 1.29 is 9.53 Å². The molecule has 1 fully saturated rings. The van der Waals surface area contributed by atoms with E-state index in [1.165, 1.54) is 21.2 Å². The number of carbonyl (C=O) groups excluding carboxylic acids is 1. The topological polar surface area (TPSA) is 128 Å². The van der Waals surface area contributed by atoms with E-state index in [-0.39, 0.29) is 29.2 Å². The van der Waals surface area contributed by atoms with Crippen LogP contribution in [0.15, 0.2) is 14.7 Å². The highest BCUT2D eigenvalue weighted by Crippen LogP contribution is 2.31. The second-order valence-corrected chi connectivity index (χ2v) is 9.64. The van der Waals surface area contributed by atoms with Gasteiger partial charge in [0.1, 0.15) is 5.82 Å². The highest BCUT2D eigenvalue weighted by molar-refractivity contribution is 7.99. The zero-order valence-corrected chi connectivity index (χ0v) is 21.4. The molecule has 3 rings (SSSR count). The molecule has 2 heterocycles. The maximum Gasteiger partial charge on any atom is 0.330 e. The molecule has 34 heavy (non-hydrogen) atoms. The largest absolute Gasteiger partial charge is 0.383 e. The third-order valence-electron chi connectivity index (χ3n) is 6.42. The van der Waals surface area contributed by atoms with Gasteiger partial charge in [0.25, 0.3) is 5.56 Å². The van der Waals surface area contributed by atoms with Gasteiger partial charge in [-0.05, 0) is 33.1 Å². The Morgan fingerprint density at radius 2 is 1.94 bits per heavy atom. The lowest BCUT2D eigenvalue weighted by Crippen LogP contribution is -2.46. The number of aryl methyl sites for hydroxylation is 1. The summed E-state index contributed by atoms with van der Waals surface area (Å²) < 4.78 is 8.63. The van der Waals surface area contributed by atoms with Crippen LogP contribution in [0.25, 0.3) is 0 Å². The molecule has 0 aliphatic heterocycles. The first-order valence-electron chi connectivity index (χ1n) is 11.9. The van der Waals surface area contributed by atoms with E-state index in [2.05, 4.69) is 9.97 Å². The third-order valence-corrected chi connectivity index (χ3v) is 7.38. The maximum absolute atomic E-state index is 13.6. The van der Waals surface area contributed by atoms with Gasteiger partial charge in [0.2, 0.25) is 5.91 Å². The van der Waals surface area contributed by atoms with Crippen molar-refractivity contribution in [1.29, 1.82) is 0 Å². The van der Waals surface area contributed by atoms with Crippen molar-refractivity contribution >= 4 is 29.2 Å². The molecule has 0 saturated heterocycles. The summed E-state index contributed by atoms with van der Waals surface area (Å²) in [5, 5.41) is 0.738. The van der Waals surface area contributed by atoms with E-state index in [0.29, 0.717) is 19.7 Å². The molecule has 2 aromatic rings. The molecule has 1 aliphatic rings. The summed E-state index contributed by atoms with van der Waals surface area (Å²) in [7, 11) is 1.65. The molecule has 1 saturated carbocycles. The van der Waals surface area contributed by atoms with Crippen LogP contribution >= 0.6 is 11.8 Å². The lowest BCUT2D eigenvalue weighted by atomic mass is 10.2. The Balaban J connectivity index is 1.93. The average Bonchev–Trinajstić information content (AvgIpc) is 3.42. The number of ether oxygens (including phenoxy) is 1. The number of aromatic nitrogens is 4. The van der Waals surface area contributed by atoms with E-state index < -0.39 is 11.2 Å². The molecule has 0 bridgehead atoms. The van der Waals surface area contributed by atoms with Gasteiger partial charge in [0.05, 0.1) is 18.1 Å². The van der Waals surface area contributed by atoms with Crippen LogP contribution in [0, 0.1) is 13.8 Å². The molecular weight excluding hydrogens is 456 g/mol. The monoisotopic (exact) mass is 492 g/mol. The smallest absolute Gasteiger partial charge is 0.330 e. The van der Waals surface area contributed by atoms with E-state index in [1.54, 1.807) is 7.11 Å². The first-order chi connectivity index (χ1) is 16.3. The number of thioether (sulfide) groups is 1. The fourth-order valence-corrected chi connectivity index (χ4v) is 5.37. The number of nitrogen functional groups attached to an aromatic ring is 1. The highest BCUT2D eigenvalue weighted by atomic mass is 32.2. The molecule has 2 aromatic heterocycles. The normalized spacial score (nSPS) is 14.1. The summed E-state index contributed by atoms with van der Waals surface area (Å²) in [6, 6.07) is -0.120. The number of carbonyl (C=O) groups is 1. The Morgan fingerprint density at radius 1 is 1.24 bits per heavy atom. The SMILES string of the molecule is CCCCn1c(N)c(N(C(=O)CSc2nc(C)c(C)n2CCOC)C2CCCC2)c(=O)[nH]c1=O. The number of hydrogen-bond donors (Lipinski definition) is 2. The number of nitrogens with two attached hydrogens (primary N) is 1. The van der Waals surface area contributed by atoms with Gasteiger partial charge < -0.3 is 19.9 Å². The van der Waals surface area contributed by atoms with E-state index >= 15 is 0 Å². The van der Waals surface area contributed by atoms with Crippen molar-refractivity contribution in [3.8, 4) is 0 Å². The molecule has 3 N–H and O–H groups in total. The number of unbranched alkanes of at least 4 members (excludes halogenated alkanes) is 1. The molecule has 188 valence electrons. The van der Waals surface area contributed by atoms with Crippen LogP contribution in [0.1, 0.15) is 56.8 Å². The molecule has 0 unspecified atom stereocenters. The van der Waals surface area contributed by atoms with Crippen LogP contribution in [-0.2, 0) is 22.6 Å². The standard InChI is InChI=1S/C23H36N6O4S/c1-5-6-11-28-20(24)19(21(31)26-22(28)32)29(17-9-7-8-10-17)18(30)14-34-23-25-15(2)16(3)27(23)12-13-33-4/h17H,5-14,24H2,1-4H3,(H,26,31,32). The van der Waals surface area contributed by atoms with Gasteiger partial charge in [0, 0.05) is 31.9 Å². The Bertz CT molecular complexity index is 1120. The predicted molar refractivity (Wildman–Crippen MR) is 135 cm³/mol. The second-order valence-electron chi connectivity index (χ2n) is 8.70. The van der Waals surface area contributed by atoms with Crippen LogP contribution in [-0.4, -0.2) is 50.5 Å². The number of methoxy groups -OCH3 is 1. The van der Waals surface area contributed by atoms with Crippen molar-refractivity contribution in [1.82, 2.24) is 19.1 Å². The van der Waals surface area contributed by atoms with Crippen LogP contribution in [0.2, 0.25) is 0 Å². The van der Waals surface area contributed by atoms with Crippen LogP contribution in [0.4, 0.5) is 11.5 Å². The van der Waals surface area contributed by atoms with E-state index in [4.69, 9.17) is 10.5 Å². The van der Waals surface area contributed by atoms with Crippen molar-refractivity contribution in [2.45, 2.75) is 83.6 Å². The Hall–Kier alpha value is -2.53. The number of hydrogen-bond acceptors (Lipinski definition) is 7. The number of rotatable bonds is 11. The summed E-state index contributed by atoms with van der Waals surface area (Å²) in [5.41, 5.74) is 7.22. The van der Waals surface area contributed by atoms with Crippen molar-refractivity contribution in [3.05, 3.63) is 32.2 Å². The van der Waals surface area contributed by atoms with E-state index in [1.807, 2.05) is 25.3 Å². The van der Waals surface area contributed by atoms with Gasteiger partial charge in [-0.1, -0.05) is 37.9 Å². The lowest BCUT2D eigenvalue weighted by molar-refractivity contribution is -0.116. The molecule has 0 atom stereocenters. The Morgan fingerprint density at radius 3 is 2.59 bits per heavy atom. The second kappa shape index (κ2) is 11.7. The Kier molecular flexibility index (Phi) is 9.01. The first-order valence-corrected chi connectivity index (χ1v) is 12.9. The summed E-state index contributed by atoms with van der Waals surface area (Å²) in [5.74, 6) is -0.0566. The van der Waals surface area contributed by atoms with Crippen LogP contribution < -0.4 is 21.9 Å². The van der Waals surface area contributed by atoms with Gasteiger partial charge in [-0.25, -0.2) is 9.78 Å². The van der Waals surface area contributed by atoms with Gasteiger partial charge in [-0.2, -0.15) is 0 Å². The Labute approximate surface area is 203 Å². The summed E-state index contributed by atoms with van der Waals surface area (Å²) >= 11 is 1.34. The summed E-state index contributed by atoms with van der Waals surface area (Å²) in [6.45, 7) is 7.52. The van der Waals surface area contributed by atoms with Gasteiger partial charge in [0.15, 0.2) is 10.8 Å². The number of amides is 1. The first kappa shape index (κ1) is 26.1. The van der Waals surface area contributed by atoms with Gasteiger partial charge >= 0.3 is 5.69 Å². The van der Waals surface area contributed by atoms with Gasteiger partial charge in [-0.3, -0.25) is 19.1 Å². The minimum Gasteiger partial charge on any atom is -0.383 e. The van der Waals surface area contributed by atoms with Crippen LogP contribution in [0.3, 0.4) is 0 Å². The molecule has 1 amide bonds. The number of imidazole rings is 1. The highest BCUT2D eigenvalue weighted by Gasteiger charge is 2.32. The number of H-pyrrole nitrogens is 1. The minimum atomic E-state index is -0.617. The summed E-state index contributed by atoms with van der Waals surface area (Å²) in [6.07, 6.45) is 5.17. The average molecular weight is 493 g/mol. The van der Waals surface area contributed by atoms with Gasteiger partial charge in [-0.15, -0.1) is 0 Å². The number of nitrogens with zero attached hydrogens (tertiary/aromatic N) is 4. The molecule has 0 radical (unpaired) electrons. The van der Waals surface area contributed by atoms with Crippen LogP contribution in [0.5, 0.6) is 0 Å². The van der Waals surface area contributed by atoms with Crippen molar-refractivity contribution in [2.75, 3.05) is 30.1 Å². The number of anilines is 2. The minimum absolute atomic E-state index is 0.0562. The quantitative estimate of drug-likeness (QED) is 0.461. The predicted octanol–water partition coefficient (Wildman–Crippen LogP) is 2.45. The number of aromatic amines is 1. The molecule has 10 nitrogen and oxygen atoms in total. The summed E-state index contributed by atoms with van der Waals surface area (Å²) in [4.78, 5) is 47.4. The molecule has 0 spiro atoms. The molecular formula is C23H36N6O4S. The zero-order valence-electron chi connectivity index (χ0n) is 20.6. The zero-order chi connectivity index (χ0) is 24.8. The van der Waals surface area contributed by atoms with Crippen molar-refractivity contribution in [2.24, 2.45) is 0 Å². The molecule has 0 aromatic carbocycles. The van der Waals surface area contributed by atoms with E-state index in [0.717, 1.165) is 55.1 Å². The van der Waals surface area contributed by atoms with E-state index in [9.17, 15) is 14.4 Å².